The highest BCUT2D eigenvalue weighted by molar-refractivity contribution is 7.91. The van der Waals surface area contributed by atoms with Crippen LogP contribution in [0.1, 0.15) is 5.56 Å². The molecule has 0 aliphatic carbocycles. The predicted octanol–water partition coefficient (Wildman–Crippen LogP) is 3.94. The average molecular weight is 453 g/mol. The smallest absolute Gasteiger partial charge is 0.240 e. The molecule has 1 heterocycles. The number of carbonyl (C=O) groups is 1. The maximum Gasteiger partial charge on any atom is 0.240 e. The first-order valence-electron chi connectivity index (χ1n) is 9.87. The van der Waals surface area contributed by atoms with E-state index in [9.17, 15) is 17.6 Å². The van der Waals surface area contributed by atoms with Gasteiger partial charge in [-0.1, -0.05) is 36.4 Å². The molecule has 1 N–H and O–H groups in total. The Hall–Kier alpha value is -3.65. The zero-order valence-electron chi connectivity index (χ0n) is 17.3. The number of ether oxygens (including phenoxy) is 1. The molecule has 0 atom stereocenters. The highest BCUT2D eigenvalue weighted by Crippen LogP contribution is 2.30. The second-order valence-electron chi connectivity index (χ2n) is 7.18. The van der Waals surface area contributed by atoms with E-state index in [2.05, 4.69) is 5.32 Å². The number of methoxy groups -OCH3 is 1. The Balaban J connectivity index is 1.61. The standard InChI is InChI=1S/C24H21FN2O4S/c1-31-22-9-5-2-6-17(22)14-26-24(28)16-27-15-23(20-7-3-4-8-21(20)27)32(29,30)19-12-10-18(25)11-13-19/h2-13,15H,14,16H2,1H3,(H,26,28). The minimum absolute atomic E-state index is 0.0116. The summed E-state index contributed by atoms with van der Waals surface area (Å²) in [5.74, 6) is -0.118. The molecule has 0 bridgehead atoms. The fourth-order valence-electron chi connectivity index (χ4n) is 3.55. The lowest BCUT2D eigenvalue weighted by molar-refractivity contribution is -0.121. The van der Waals surface area contributed by atoms with Crippen molar-refractivity contribution in [3.8, 4) is 5.75 Å². The monoisotopic (exact) mass is 452 g/mol. The van der Waals surface area contributed by atoms with Gasteiger partial charge in [-0.05, 0) is 36.4 Å². The van der Waals surface area contributed by atoms with Crippen LogP contribution in [0.4, 0.5) is 4.39 Å². The minimum Gasteiger partial charge on any atom is -0.496 e. The van der Waals surface area contributed by atoms with Crippen LogP contribution < -0.4 is 10.1 Å². The Bertz CT molecular complexity index is 1380. The van der Waals surface area contributed by atoms with E-state index in [1.165, 1.54) is 18.3 Å². The zero-order valence-corrected chi connectivity index (χ0v) is 18.1. The lowest BCUT2D eigenvalue weighted by atomic mass is 10.2. The number of rotatable bonds is 7. The van der Waals surface area contributed by atoms with Crippen LogP contribution in [0.15, 0.2) is 88.8 Å². The van der Waals surface area contributed by atoms with Gasteiger partial charge < -0.3 is 14.6 Å². The summed E-state index contributed by atoms with van der Waals surface area (Å²) < 4.78 is 46.5. The van der Waals surface area contributed by atoms with E-state index in [0.29, 0.717) is 16.7 Å². The van der Waals surface area contributed by atoms with Gasteiger partial charge in [-0.15, -0.1) is 0 Å². The van der Waals surface area contributed by atoms with Gasteiger partial charge in [-0.2, -0.15) is 0 Å². The first-order chi connectivity index (χ1) is 15.4. The lowest BCUT2D eigenvalue weighted by Crippen LogP contribution is -2.27. The topological polar surface area (TPSA) is 77.4 Å². The largest absolute Gasteiger partial charge is 0.496 e. The number of amides is 1. The molecule has 3 aromatic carbocycles. The van der Waals surface area contributed by atoms with E-state index < -0.39 is 15.7 Å². The van der Waals surface area contributed by atoms with E-state index in [4.69, 9.17) is 4.74 Å². The fraction of sp³-hybridized carbons (Fsp3) is 0.125. The molecule has 0 unspecified atom stereocenters. The van der Waals surface area contributed by atoms with Gasteiger partial charge in [0.25, 0.3) is 0 Å². The summed E-state index contributed by atoms with van der Waals surface area (Å²) >= 11 is 0. The number of carbonyl (C=O) groups excluding carboxylic acids is 1. The van der Waals surface area contributed by atoms with Crippen molar-refractivity contribution in [1.29, 1.82) is 0 Å². The van der Waals surface area contributed by atoms with Crippen molar-refractivity contribution in [3.63, 3.8) is 0 Å². The van der Waals surface area contributed by atoms with E-state index >= 15 is 0 Å². The van der Waals surface area contributed by atoms with Gasteiger partial charge in [0.15, 0.2) is 0 Å². The summed E-state index contributed by atoms with van der Waals surface area (Å²) in [6.07, 6.45) is 1.45. The minimum atomic E-state index is -3.90. The number of halogens is 1. The maximum atomic E-state index is 13.3. The highest BCUT2D eigenvalue weighted by Gasteiger charge is 2.24. The molecule has 32 heavy (non-hydrogen) atoms. The van der Waals surface area contributed by atoms with E-state index in [1.54, 1.807) is 35.9 Å². The summed E-state index contributed by atoms with van der Waals surface area (Å²) in [7, 11) is -2.33. The summed E-state index contributed by atoms with van der Waals surface area (Å²) in [6.45, 7) is 0.220. The molecule has 0 fully saturated rings. The quantitative estimate of drug-likeness (QED) is 0.431. The molecule has 0 aliphatic heterocycles. The van der Waals surface area contributed by atoms with Crippen LogP contribution in [-0.4, -0.2) is 26.0 Å². The first-order valence-corrected chi connectivity index (χ1v) is 11.4. The molecule has 4 aromatic rings. The van der Waals surface area contributed by atoms with Crippen LogP contribution in [-0.2, 0) is 27.7 Å². The first kappa shape index (κ1) is 21.6. The van der Waals surface area contributed by atoms with Crippen LogP contribution in [0.25, 0.3) is 10.9 Å². The molecule has 0 spiro atoms. The molecule has 1 amide bonds. The van der Waals surface area contributed by atoms with Crippen LogP contribution in [0.5, 0.6) is 5.75 Å². The van der Waals surface area contributed by atoms with Gasteiger partial charge in [0, 0.05) is 29.2 Å². The number of hydrogen-bond acceptors (Lipinski definition) is 4. The summed E-state index contributed by atoms with van der Waals surface area (Å²) in [5.41, 5.74) is 1.45. The third-order valence-corrected chi connectivity index (χ3v) is 6.95. The van der Waals surface area contributed by atoms with Gasteiger partial charge in [0.05, 0.1) is 16.9 Å². The van der Waals surface area contributed by atoms with E-state index in [1.807, 2.05) is 24.3 Å². The SMILES string of the molecule is COc1ccccc1CNC(=O)Cn1cc(S(=O)(=O)c2ccc(F)cc2)c2ccccc21. The predicted molar refractivity (Wildman–Crippen MR) is 119 cm³/mol. The van der Waals surface area contributed by atoms with Gasteiger partial charge in [0.1, 0.15) is 18.1 Å². The number of fused-ring (bicyclic) bond motifs is 1. The van der Waals surface area contributed by atoms with Crippen LogP contribution >= 0.6 is 0 Å². The molecule has 0 radical (unpaired) electrons. The van der Waals surface area contributed by atoms with Gasteiger partial charge >= 0.3 is 0 Å². The second-order valence-corrected chi connectivity index (χ2v) is 9.10. The van der Waals surface area contributed by atoms with Crippen molar-refractivity contribution < 1.29 is 22.3 Å². The Labute approximate surface area is 185 Å². The van der Waals surface area contributed by atoms with Crippen molar-refractivity contribution in [2.75, 3.05) is 7.11 Å². The fourth-order valence-corrected chi connectivity index (χ4v) is 5.03. The summed E-state index contributed by atoms with van der Waals surface area (Å²) in [5, 5.41) is 3.34. The molecule has 6 nitrogen and oxygen atoms in total. The van der Waals surface area contributed by atoms with Crippen molar-refractivity contribution in [1.82, 2.24) is 9.88 Å². The van der Waals surface area contributed by atoms with Crippen LogP contribution in [0, 0.1) is 5.82 Å². The van der Waals surface area contributed by atoms with Crippen LogP contribution in [0.3, 0.4) is 0 Å². The molecular weight excluding hydrogens is 431 g/mol. The maximum absolute atomic E-state index is 13.3. The van der Waals surface area contributed by atoms with Crippen LogP contribution in [0.2, 0.25) is 0 Å². The summed E-state index contributed by atoms with van der Waals surface area (Å²) in [6, 6.07) is 19.0. The molecular formula is C24H21FN2O4S. The number of nitrogens with one attached hydrogen (secondary N) is 1. The second kappa shape index (κ2) is 8.84. The Kier molecular flexibility index (Phi) is 5.96. The lowest BCUT2D eigenvalue weighted by Gasteiger charge is -2.10. The molecule has 4 rings (SSSR count). The van der Waals surface area contributed by atoms with E-state index in [-0.39, 0.29) is 28.8 Å². The Morgan fingerprint density at radius 3 is 2.44 bits per heavy atom. The van der Waals surface area contributed by atoms with Gasteiger partial charge in [-0.3, -0.25) is 4.79 Å². The van der Waals surface area contributed by atoms with Gasteiger partial charge in [0.2, 0.25) is 15.7 Å². The van der Waals surface area contributed by atoms with Crippen molar-refractivity contribution in [3.05, 3.63) is 90.4 Å². The van der Waals surface area contributed by atoms with Gasteiger partial charge in [-0.25, -0.2) is 12.8 Å². The number of benzene rings is 3. The average Bonchev–Trinajstić information content (AvgIpc) is 3.17. The molecule has 1 aromatic heterocycles. The van der Waals surface area contributed by atoms with Crippen molar-refractivity contribution in [2.24, 2.45) is 0 Å². The normalized spacial score (nSPS) is 11.4. The molecule has 0 saturated carbocycles. The van der Waals surface area contributed by atoms with Crippen molar-refractivity contribution >= 4 is 26.6 Å². The molecule has 8 heteroatoms. The number of para-hydroxylation sites is 2. The number of aromatic nitrogens is 1. The Morgan fingerprint density at radius 1 is 1.00 bits per heavy atom. The number of sulfone groups is 1. The molecule has 164 valence electrons. The summed E-state index contributed by atoms with van der Waals surface area (Å²) in [4.78, 5) is 12.7. The highest BCUT2D eigenvalue weighted by atomic mass is 32.2. The van der Waals surface area contributed by atoms with E-state index in [0.717, 1.165) is 17.7 Å². The third-order valence-electron chi connectivity index (χ3n) is 5.15. The number of nitrogens with zero attached hydrogens (tertiary/aromatic N) is 1. The molecule has 0 aliphatic rings. The van der Waals surface area contributed by atoms with Crippen molar-refractivity contribution in [2.45, 2.75) is 22.9 Å². The molecule has 0 saturated heterocycles. The zero-order chi connectivity index (χ0) is 22.7. The Morgan fingerprint density at radius 2 is 1.69 bits per heavy atom. The number of hydrogen-bond donors (Lipinski definition) is 1. The third kappa shape index (κ3) is 4.22.